The summed E-state index contributed by atoms with van der Waals surface area (Å²) in [6.45, 7) is 10.2. The van der Waals surface area contributed by atoms with Crippen LogP contribution in [0.3, 0.4) is 0 Å². The summed E-state index contributed by atoms with van der Waals surface area (Å²) in [7, 11) is 2.21. The van der Waals surface area contributed by atoms with Crippen molar-refractivity contribution in [3.8, 4) is 5.82 Å². The smallest absolute Gasteiger partial charge is 0.229 e. The van der Waals surface area contributed by atoms with Gasteiger partial charge in [-0.3, -0.25) is 9.47 Å². The van der Waals surface area contributed by atoms with Crippen LogP contribution in [-0.4, -0.2) is 86.8 Å². The van der Waals surface area contributed by atoms with Crippen molar-refractivity contribution in [1.82, 2.24) is 29.3 Å². The van der Waals surface area contributed by atoms with Crippen molar-refractivity contribution in [2.24, 2.45) is 0 Å². The molecular formula is C33H41FN8O. The highest BCUT2D eigenvalue weighted by molar-refractivity contribution is 5.81. The van der Waals surface area contributed by atoms with E-state index in [0.717, 1.165) is 31.6 Å². The first-order valence-electron chi connectivity index (χ1n) is 15.6. The Kier molecular flexibility index (Phi) is 7.31. The van der Waals surface area contributed by atoms with Crippen LogP contribution < -0.4 is 10.2 Å². The Morgan fingerprint density at radius 2 is 1.63 bits per heavy atom. The first-order chi connectivity index (χ1) is 20.7. The fourth-order valence-corrected chi connectivity index (χ4v) is 6.51. The van der Waals surface area contributed by atoms with Gasteiger partial charge in [-0.15, -0.1) is 0 Å². The molecule has 7 rings (SSSR count). The van der Waals surface area contributed by atoms with Crippen molar-refractivity contribution in [2.75, 3.05) is 56.5 Å². The zero-order chi connectivity index (χ0) is 29.7. The summed E-state index contributed by atoms with van der Waals surface area (Å²) in [6.07, 6.45) is 5.81. The van der Waals surface area contributed by atoms with E-state index in [1.807, 2.05) is 12.1 Å². The Labute approximate surface area is 252 Å². The zero-order valence-corrected chi connectivity index (χ0v) is 25.3. The van der Waals surface area contributed by atoms with E-state index in [1.54, 1.807) is 30.7 Å². The molecule has 0 unspecified atom stereocenters. The number of anilines is 3. The standard InChI is InChI=1S/C33H41FN8O/c1-33(2,43)27-5-4-6-28(37-27)42-30(22-7-8-22)29(34)26-21-35-32(38-31(26)42)36-23-9-11-24(12-10-23)40-15-13-25(14-16-40)41-19-17-39(3)18-20-41/h4-6,9-12,21-22,25,43H,7-8,13-20H2,1-3H3,(H,35,36,38). The van der Waals surface area contributed by atoms with Crippen LogP contribution >= 0.6 is 0 Å². The molecule has 3 aliphatic rings. The van der Waals surface area contributed by atoms with Crippen LogP contribution in [-0.2, 0) is 5.60 Å². The number of nitrogens with zero attached hydrogens (tertiary/aromatic N) is 7. The van der Waals surface area contributed by atoms with E-state index >= 15 is 4.39 Å². The molecule has 4 aromatic rings. The summed E-state index contributed by atoms with van der Waals surface area (Å²) in [5, 5.41) is 14.3. The lowest BCUT2D eigenvalue weighted by atomic mass is 10.0. The van der Waals surface area contributed by atoms with Crippen molar-refractivity contribution in [2.45, 2.75) is 57.1 Å². The molecule has 0 bridgehead atoms. The Balaban J connectivity index is 1.09. The third-order valence-electron chi connectivity index (χ3n) is 9.24. The molecule has 2 aliphatic heterocycles. The minimum absolute atomic E-state index is 0.123. The van der Waals surface area contributed by atoms with Crippen molar-refractivity contribution < 1.29 is 9.50 Å². The molecule has 43 heavy (non-hydrogen) atoms. The van der Waals surface area contributed by atoms with E-state index < -0.39 is 5.60 Å². The van der Waals surface area contributed by atoms with Gasteiger partial charge in [-0.25, -0.2) is 14.4 Å². The number of likely N-dealkylation sites (N-methyl/N-ethyl adjacent to an activating group) is 1. The van der Waals surface area contributed by atoms with Crippen molar-refractivity contribution in [3.05, 3.63) is 65.9 Å². The maximum atomic E-state index is 15.7. The number of nitrogens with one attached hydrogen (secondary N) is 1. The van der Waals surface area contributed by atoms with E-state index in [-0.39, 0.29) is 11.7 Å². The largest absolute Gasteiger partial charge is 0.384 e. The molecule has 3 fully saturated rings. The number of piperidine rings is 1. The second-order valence-corrected chi connectivity index (χ2v) is 12.9. The van der Waals surface area contributed by atoms with Gasteiger partial charge in [0.2, 0.25) is 5.95 Å². The quantitative estimate of drug-likeness (QED) is 0.313. The van der Waals surface area contributed by atoms with Crippen molar-refractivity contribution in [1.29, 1.82) is 0 Å². The van der Waals surface area contributed by atoms with Gasteiger partial charge in [0.25, 0.3) is 0 Å². The number of fused-ring (bicyclic) bond motifs is 1. The monoisotopic (exact) mass is 584 g/mol. The third-order valence-corrected chi connectivity index (χ3v) is 9.24. The summed E-state index contributed by atoms with van der Waals surface area (Å²) < 4.78 is 17.5. The average molecular weight is 585 g/mol. The number of piperazine rings is 1. The summed E-state index contributed by atoms with van der Waals surface area (Å²) in [5.74, 6) is 0.770. The molecule has 5 heterocycles. The third kappa shape index (κ3) is 5.71. The van der Waals surface area contributed by atoms with Crippen molar-refractivity contribution in [3.63, 3.8) is 0 Å². The van der Waals surface area contributed by atoms with E-state index in [4.69, 9.17) is 9.97 Å². The Morgan fingerprint density at radius 3 is 2.30 bits per heavy atom. The van der Waals surface area contributed by atoms with Crippen LogP contribution in [0.15, 0.2) is 48.7 Å². The minimum Gasteiger partial charge on any atom is -0.384 e. The predicted octanol–water partition coefficient (Wildman–Crippen LogP) is 5.02. The lowest BCUT2D eigenvalue weighted by Gasteiger charge is -2.42. The Hall–Kier alpha value is -3.60. The molecular weight excluding hydrogens is 543 g/mol. The normalized spacial score (nSPS) is 19.3. The van der Waals surface area contributed by atoms with Gasteiger partial charge in [-0.2, -0.15) is 4.98 Å². The van der Waals surface area contributed by atoms with Gasteiger partial charge in [-0.05, 0) is 83.0 Å². The molecule has 226 valence electrons. The highest BCUT2D eigenvalue weighted by Gasteiger charge is 2.34. The molecule has 1 aliphatic carbocycles. The first-order valence-corrected chi connectivity index (χ1v) is 15.6. The van der Waals surface area contributed by atoms with Gasteiger partial charge < -0.3 is 20.2 Å². The molecule has 0 amide bonds. The van der Waals surface area contributed by atoms with Crippen LogP contribution in [0.4, 0.5) is 21.7 Å². The van der Waals surface area contributed by atoms with Crippen LogP contribution in [0.5, 0.6) is 0 Å². The predicted molar refractivity (Wildman–Crippen MR) is 168 cm³/mol. The highest BCUT2D eigenvalue weighted by Crippen LogP contribution is 2.45. The van der Waals surface area contributed by atoms with E-state index in [9.17, 15) is 5.11 Å². The van der Waals surface area contributed by atoms with E-state index in [0.29, 0.717) is 40.2 Å². The van der Waals surface area contributed by atoms with Gasteiger partial charge in [0.05, 0.1) is 16.8 Å². The lowest BCUT2D eigenvalue weighted by molar-refractivity contribution is 0.0738. The van der Waals surface area contributed by atoms with Gasteiger partial charge >= 0.3 is 0 Å². The summed E-state index contributed by atoms with van der Waals surface area (Å²) >= 11 is 0. The molecule has 9 nitrogen and oxygen atoms in total. The fraction of sp³-hybridized carbons (Fsp3) is 0.485. The summed E-state index contributed by atoms with van der Waals surface area (Å²) in [6, 6.07) is 14.6. The van der Waals surface area contributed by atoms with Crippen LogP contribution in [0.1, 0.15) is 56.8 Å². The number of hydrogen-bond acceptors (Lipinski definition) is 8. The molecule has 10 heteroatoms. The number of pyridine rings is 1. The molecule has 3 aromatic heterocycles. The average Bonchev–Trinajstić information content (AvgIpc) is 3.81. The number of aromatic nitrogens is 4. The zero-order valence-electron chi connectivity index (χ0n) is 25.3. The molecule has 2 saturated heterocycles. The second kappa shape index (κ2) is 11.2. The highest BCUT2D eigenvalue weighted by atomic mass is 19.1. The molecule has 1 saturated carbocycles. The van der Waals surface area contributed by atoms with Gasteiger partial charge in [0, 0.05) is 68.8 Å². The Bertz CT molecular complexity index is 1590. The SMILES string of the molecule is CN1CCN(C2CCN(c3ccc(Nc4ncc5c(F)c(C6CC6)n(-c6cccc(C(C)(C)O)n6)c5n4)cc3)CC2)CC1. The molecule has 1 aromatic carbocycles. The van der Waals surface area contributed by atoms with Crippen LogP contribution in [0, 0.1) is 5.82 Å². The van der Waals surface area contributed by atoms with Crippen LogP contribution in [0.2, 0.25) is 0 Å². The molecule has 0 spiro atoms. The molecule has 2 N–H and O–H groups in total. The number of benzene rings is 1. The fourth-order valence-electron chi connectivity index (χ4n) is 6.51. The summed E-state index contributed by atoms with van der Waals surface area (Å²) in [5.41, 5.74) is 2.55. The lowest BCUT2D eigenvalue weighted by Crippen LogP contribution is -2.52. The van der Waals surface area contributed by atoms with Gasteiger partial charge in [-0.1, -0.05) is 6.07 Å². The van der Waals surface area contributed by atoms with Gasteiger partial charge in [0.1, 0.15) is 11.4 Å². The van der Waals surface area contributed by atoms with Gasteiger partial charge in [0.15, 0.2) is 11.5 Å². The second-order valence-electron chi connectivity index (χ2n) is 12.9. The maximum absolute atomic E-state index is 15.7. The van der Waals surface area contributed by atoms with E-state index in [2.05, 4.69) is 56.3 Å². The topological polar surface area (TPSA) is 85.6 Å². The van der Waals surface area contributed by atoms with E-state index in [1.165, 1.54) is 44.7 Å². The Morgan fingerprint density at radius 1 is 0.907 bits per heavy atom. The first kappa shape index (κ1) is 28.2. The number of rotatable bonds is 7. The molecule has 0 atom stereocenters. The minimum atomic E-state index is -1.12. The number of aliphatic hydroxyl groups is 1. The van der Waals surface area contributed by atoms with Crippen molar-refractivity contribution >= 4 is 28.4 Å². The molecule has 0 radical (unpaired) electrons. The summed E-state index contributed by atoms with van der Waals surface area (Å²) in [4.78, 5) is 21.5. The number of halogens is 1. The maximum Gasteiger partial charge on any atom is 0.229 e. The van der Waals surface area contributed by atoms with Crippen LogP contribution in [0.25, 0.3) is 16.9 Å². The number of hydrogen-bond donors (Lipinski definition) is 2.